The van der Waals surface area contributed by atoms with Crippen molar-refractivity contribution in [3.05, 3.63) is 111 Å². The number of halogens is 4. The first-order valence-corrected chi connectivity index (χ1v) is 12.8. The van der Waals surface area contributed by atoms with Gasteiger partial charge in [-0.1, -0.05) is 36.4 Å². The number of nitrogens with one attached hydrogen (secondary N) is 1. The number of carbonyl (C=O) groups excluding carboxylic acids is 1. The zero-order valence-corrected chi connectivity index (χ0v) is 21.3. The molecule has 1 aromatic heterocycles. The number of fused-ring (bicyclic) bond motifs is 1. The number of hydrogen-bond acceptors (Lipinski definition) is 6. The van der Waals surface area contributed by atoms with E-state index in [0.717, 1.165) is 23.3 Å². The third-order valence-electron chi connectivity index (χ3n) is 6.01. The number of rotatable bonds is 9. The Labute approximate surface area is 225 Å². The summed E-state index contributed by atoms with van der Waals surface area (Å²) in [5, 5.41) is 5.03. The van der Waals surface area contributed by atoms with Crippen molar-refractivity contribution in [3.63, 3.8) is 0 Å². The van der Waals surface area contributed by atoms with Crippen molar-refractivity contribution in [3.8, 4) is 11.5 Å². The first-order chi connectivity index (χ1) is 18.7. The van der Waals surface area contributed by atoms with Crippen LogP contribution in [0.3, 0.4) is 0 Å². The fourth-order valence-electron chi connectivity index (χ4n) is 4.12. The zero-order chi connectivity index (χ0) is 27.4. The predicted octanol–water partition coefficient (Wildman–Crippen LogP) is 6.16. The number of nitrogens with zero attached hydrogens (tertiary/aromatic N) is 2. The largest absolute Gasteiger partial charge is 0.454 e. The van der Waals surface area contributed by atoms with Gasteiger partial charge in [0, 0.05) is 25.0 Å². The molecule has 4 aromatic rings. The summed E-state index contributed by atoms with van der Waals surface area (Å²) in [6.07, 6.45) is -4.44. The average molecular weight is 558 g/mol. The van der Waals surface area contributed by atoms with Crippen molar-refractivity contribution in [1.29, 1.82) is 0 Å². The molecule has 0 unspecified atom stereocenters. The molecular formula is C28H23F4N3O3S. The number of alkyl halides is 3. The summed E-state index contributed by atoms with van der Waals surface area (Å²) < 4.78 is 63.8. The standard InChI is InChI=1S/C28H23F4N3O3S/c29-22-7-4-18(5-8-22)12-33-27(36)23-16-39-26(34-23)15-35(13-19-2-1-3-21(10-19)28(30,31)32)14-20-6-9-24-25(11-20)38-17-37-24/h1-11,16H,12-15,17H2,(H,33,36). The summed E-state index contributed by atoms with van der Waals surface area (Å²) in [5.41, 5.74) is 1.66. The monoisotopic (exact) mass is 557 g/mol. The molecule has 2 heterocycles. The molecule has 0 fully saturated rings. The van der Waals surface area contributed by atoms with Crippen molar-refractivity contribution in [2.24, 2.45) is 0 Å². The van der Waals surface area contributed by atoms with E-state index in [1.807, 2.05) is 17.0 Å². The molecule has 5 rings (SSSR count). The summed E-state index contributed by atoms with van der Waals surface area (Å²) >= 11 is 1.29. The van der Waals surface area contributed by atoms with Crippen molar-refractivity contribution >= 4 is 17.2 Å². The van der Waals surface area contributed by atoms with Gasteiger partial charge >= 0.3 is 6.18 Å². The second-order valence-corrected chi connectivity index (χ2v) is 9.91. The van der Waals surface area contributed by atoms with Crippen LogP contribution in [0.1, 0.15) is 37.7 Å². The Morgan fingerprint density at radius 3 is 2.41 bits per heavy atom. The molecule has 0 spiro atoms. The van der Waals surface area contributed by atoms with E-state index in [2.05, 4.69) is 10.3 Å². The topological polar surface area (TPSA) is 63.7 Å². The first kappa shape index (κ1) is 26.6. The summed E-state index contributed by atoms with van der Waals surface area (Å²) in [4.78, 5) is 19.0. The van der Waals surface area contributed by atoms with E-state index < -0.39 is 11.7 Å². The van der Waals surface area contributed by atoms with Gasteiger partial charge in [0.1, 0.15) is 16.5 Å². The van der Waals surface area contributed by atoms with Crippen LogP contribution >= 0.6 is 11.3 Å². The maximum Gasteiger partial charge on any atom is 0.416 e. The molecule has 11 heteroatoms. The van der Waals surface area contributed by atoms with Gasteiger partial charge in [0.05, 0.1) is 12.1 Å². The van der Waals surface area contributed by atoms with Gasteiger partial charge in [-0.05, 0) is 47.0 Å². The summed E-state index contributed by atoms with van der Waals surface area (Å²) in [7, 11) is 0. The van der Waals surface area contributed by atoms with Crippen LogP contribution in [0.5, 0.6) is 11.5 Å². The van der Waals surface area contributed by atoms with Gasteiger partial charge in [-0.2, -0.15) is 13.2 Å². The van der Waals surface area contributed by atoms with E-state index in [4.69, 9.17) is 9.47 Å². The highest BCUT2D eigenvalue weighted by atomic mass is 32.1. The zero-order valence-electron chi connectivity index (χ0n) is 20.5. The molecule has 6 nitrogen and oxygen atoms in total. The van der Waals surface area contributed by atoms with Crippen LogP contribution in [0.25, 0.3) is 0 Å². The molecule has 0 radical (unpaired) electrons. The highest BCUT2D eigenvalue weighted by Gasteiger charge is 2.30. The van der Waals surface area contributed by atoms with E-state index in [9.17, 15) is 22.4 Å². The van der Waals surface area contributed by atoms with Crippen molar-refractivity contribution in [2.75, 3.05) is 6.79 Å². The maximum absolute atomic E-state index is 13.3. The van der Waals surface area contributed by atoms with Gasteiger partial charge in [-0.25, -0.2) is 9.37 Å². The van der Waals surface area contributed by atoms with E-state index in [1.165, 1.54) is 29.5 Å². The SMILES string of the molecule is O=C(NCc1ccc(F)cc1)c1csc(CN(Cc2cccc(C(F)(F)F)c2)Cc2ccc3c(c2)OCO3)n1. The van der Waals surface area contributed by atoms with Gasteiger partial charge < -0.3 is 14.8 Å². The fourth-order valence-corrected chi connectivity index (χ4v) is 4.94. The third kappa shape index (κ3) is 6.92. The molecule has 1 aliphatic heterocycles. The Morgan fingerprint density at radius 2 is 1.64 bits per heavy atom. The smallest absolute Gasteiger partial charge is 0.416 e. The number of aromatic nitrogens is 1. The minimum Gasteiger partial charge on any atom is -0.454 e. The number of carbonyl (C=O) groups is 1. The fraction of sp³-hybridized carbons (Fsp3) is 0.214. The summed E-state index contributed by atoms with van der Waals surface area (Å²) in [6.45, 7) is 1.29. The molecule has 1 N–H and O–H groups in total. The molecule has 3 aromatic carbocycles. The number of benzene rings is 3. The predicted molar refractivity (Wildman–Crippen MR) is 137 cm³/mol. The third-order valence-corrected chi connectivity index (χ3v) is 6.85. The van der Waals surface area contributed by atoms with Crippen LogP contribution in [0.2, 0.25) is 0 Å². The highest BCUT2D eigenvalue weighted by molar-refractivity contribution is 7.09. The summed E-state index contributed by atoms with van der Waals surface area (Å²) in [6, 6.07) is 16.6. The lowest BCUT2D eigenvalue weighted by Crippen LogP contribution is -2.24. The van der Waals surface area contributed by atoms with Crippen molar-refractivity contribution in [1.82, 2.24) is 15.2 Å². The highest BCUT2D eigenvalue weighted by Crippen LogP contribution is 2.33. The second-order valence-electron chi connectivity index (χ2n) is 8.97. The Hall–Kier alpha value is -3.96. The minimum absolute atomic E-state index is 0.137. The van der Waals surface area contributed by atoms with Crippen LogP contribution < -0.4 is 14.8 Å². The minimum atomic E-state index is -4.44. The van der Waals surface area contributed by atoms with Crippen LogP contribution in [0.15, 0.2) is 72.1 Å². The Kier molecular flexibility index (Phi) is 7.80. The van der Waals surface area contributed by atoms with Crippen LogP contribution in [0, 0.1) is 5.82 Å². The number of hydrogen-bond donors (Lipinski definition) is 1. The number of amides is 1. The van der Waals surface area contributed by atoms with Gasteiger partial charge in [-0.3, -0.25) is 9.69 Å². The van der Waals surface area contributed by atoms with Crippen molar-refractivity contribution in [2.45, 2.75) is 32.4 Å². The molecule has 1 aliphatic rings. The van der Waals surface area contributed by atoms with E-state index in [0.29, 0.717) is 35.2 Å². The van der Waals surface area contributed by atoms with Gasteiger partial charge in [0.25, 0.3) is 5.91 Å². The molecular weight excluding hydrogens is 534 g/mol. The lowest BCUT2D eigenvalue weighted by Gasteiger charge is -2.22. The molecule has 0 saturated heterocycles. The lowest BCUT2D eigenvalue weighted by atomic mass is 10.1. The van der Waals surface area contributed by atoms with E-state index in [-0.39, 0.29) is 37.3 Å². The molecule has 1 amide bonds. The van der Waals surface area contributed by atoms with Crippen molar-refractivity contribution < 1.29 is 31.8 Å². The second kappa shape index (κ2) is 11.4. The first-order valence-electron chi connectivity index (χ1n) is 12.0. The number of thiazole rings is 1. The average Bonchev–Trinajstić information content (AvgIpc) is 3.57. The molecule has 39 heavy (non-hydrogen) atoms. The Bertz CT molecular complexity index is 1460. The van der Waals surface area contributed by atoms with Crippen LogP contribution in [0.4, 0.5) is 17.6 Å². The van der Waals surface area contributed by atoms with E-state index >= 15 is 0 Å². The lowest BCUT2D eigenvalue weighted by molar-refractivity contribution is -0.137. The summed E-state index contributed by atoms with van der Waals surface area (Å²) in [5.74, 6) is 0.520. The normalized spacial score (nSPS) is 12.6. The molecule has 202 valence electrons. The maximum atomic E-state index is 13.3. The Morgan fingerprint density at radius 1 is 0.923 bits per heavy atom. The van der Waals surface area contributed by atoms with Gasteiger partial charge in [-0.15, -0.1) is 11.3 Å². The molecule has 0 aliphatic carbocycles. The molecule has 0 atom stereocenters. The molecule has 0 saturated carbocycles. The van der Waals surface area contributed by atoms with Crippen LogP contribution in [-0.2, 0) is 32.4 Å². The van der Waals surface area contributed by atoms with Gasteiger partial charge in [0.2, 0.25) is 6.79 Å². The Balaban J connectivity index is 1.30. The number of ether oxygens (including phenoxy) is 2. The molecule has 0 bridgehead atoms. The quantitative estimate of drug-likeness (QED) is 0.250. The van der Waals surface area contributed by atoms with E-state index in [1.54, 1.807) is 29.6 Å². The van der Waals surface area contributed by atoms with Crippen LogP contribution in [-0.4, -0.2) is 22.6 Å². The van der Waals surface area contributed by atoms with Gasteiger partial charge in [0.15, 0.2) is 11.5 Å².